The van der Waals surface area contributed by atoms with Crippen molar-refractivity contribution < 1.29 is 9.90 Å². The number of aliphatic hydroxyl groups excluding tert-OH is 1. The van der Waals surface area contributed by atoms with Crippen LogP contribution in [0.3, 0.4) is 0 Å². The predicted octanol–water partition coefficient (Wildman–Crippen LogP) is 3.94. The Balaban J connectivity index is 1.71. The van der Waals surface area contributed by atoms with Crippen molar-refractivity contribution in [3.05, 3.63) is 64.7 Å². The molecule has 2 aromatic carbocycles. The third-order valence-corrected chi connectivity index (χ3v) is 4.68. The summed E-state index contributed by atoms with van der Waals surface area (Å²) in [7, 11) is 0. The van der Waals surface area contributed by atoms with Crippen LogP contribution < -0.4 is 5.32 Å². The largest absolute Gasteiger partial charge is 0.392 e. The summed E-state index contributed by atoms with van der Waals surface area (Å²) in [5, 5.41) is 12.3. The number of rotatable bonds is 4. The molecule has 0 aliphatic heterocycles. The molecule has 23 heavy (non-hydrogen) atoms. The number of anilines is 1. The number of hydrogen-bond acceptors (Lipinski definition) is 2. The highest BCUT2D eigenvalue weighted by Gasteiger charge is 2.22. The first kappa shape index (κ1) is 15.8. The van der Waals surface area contributed by atoms with Crippen molar-refractivity contribution >= 4 is 11.6 Å². The van der Waals surface area contributed by atoms with Gasteiger partial charge in [-0.05, 0) is 60.4 Å². The van der Waals surface area contributed by atoms with Gasteiger partial charge in [-0.2, -0.15) is 0 Å². The maximum absolute atomic E-state index is 12.5. The third-order valence-electron chi connectivity index (χ3n) is 4.68. The Hall–Kier alpha value is -2.13. The summed E-state index contributed by atoms with van der Waals surface area (Å²) in [4.78, 5) is 12.5. The molecule has 2 aromatic rings. The number of amides is 1. The Labute approximate surface area is 137 Å². The van der Waals surface area contributed by atoms with Crippen LogP contribution in [0.15, 0.2) is 42.5 Å². The minimum atomic E-state index is -0.0147. The van der Waals surface area contributed by atoms with E-state index in [0.29, 0.717) is 12.3 Å². The normalized spacial score (nSPS) is 16.7. The Morgan fingerprint density at radius 2 is 2.09 bits per heavy atom. The minimum Gasteiger partial charge on any atom is -0.392 e. The van der Waals surface area contributed by atoms with Crippen LogP contribution in [-0.2, 0) is 17.8 Å². The van der Waals surface area contributed by atoms with E-state index in [-0.39, 0.29) is 12.5 Å². The maximum atomic E-state index is 12.5. The molecule has 0 saturated heterocycles. The van der Waals surface area contributed by atoms with Crippen molar-refractivity contribution in [2.24, 2.45) is 0 Å². The summed E-state index contributed by atoms with van der Waals surface area (Å²) in [6.45, 7) is 1.95. The summed E-state index contributed by atoms with van der Waals surface area (Å²) >= 11 is 0. The van der Waals surface area contributed by atoms with Gasteiger partial charge in [-0.15, -0.1) is 0 Å². The Morgan fingerprint density at radius 1 is 1.26 bits per heavy atom. The van der Waals surface area contributed by atoms with Crippen molar-refractivity contribution in [3.63, 3.8) is 0 Å². The van der Waals surface area contributed by atoms with E-state index in [4.69, 9.17) is 0 Å². The van der Waals surface area contributed by atoms with Crippen LogP contribution in [0.1, 0.15) is 47.4 Å². The molecule has 1 unspecified atom stereocenters. The van der Waals surface area contributed by atoms with E-state index in [0.717, 1.165) is 36.1 Å². The summed E-state index contributed by atoms with van der Waals surface area (Å²) in [6.07, 6.45) is 3.85. The molecule has 0 saturated carbocycles. The molecule has 3 heteroatoms. The van der Waals surface area contributed by atoms with Crippen LogP contribution in [0.5, 0.6) is 0 Å². The molecule has 0 aromatic heterocycles. The quantitative estimate of drug-likeness (QED) is 0.899. The first-order valence-electron chi connectivity index (χ1n) is 8.25. The Kier molecular flexibility index (Phi) is 4.77. The molecule has 0 spiro atoms. The summed E-state index contributed by atoms with van der Waals surface area (Å²) in [6, 6.07) is 14.1. The molecule has 3 nitrogen and oxygen atoms in total. The fraction of sp³-hybridized carbons (Fsp3) is 0.350. The van der Waals surface area contributed by atoms with Crippen molar-refractivity contribution in [1.82, 2.24) is 0 Å². The monoisotopic (exact) mass is 309 g/mol. The fourth-order valence-corrected chi connectivity index (χ4v) is 3.39. The van der Waals surface area contributed by atoms with Gasteiger partial charge in [0.2, 0.25) is 5.91 Å². The average molecular weight is 309 g/mol. The SMILES string of the molecule is Cc1ccc(CO)cc1NC(=O)CC1CCCc2ccccc21. The summed E-state index contributed by atoms with van der Waals surface area (Å²) < 4.78 is 0. The van der Waals surface area contributed by atoms with Gasteiger partial charge in [0.25, 0.3) is 0 Å². The molecule has 2 N–H and O–H groups in total. The van der Waals surface area contributed by atoms with Crippen LogP contribution in [0.25, 0.3) is 0 Å². The van der Waals surface area contributed by atoms with Crippen LogP contribution in [0.2, 0.25) is 0 Å². The lowest BCUT2D eigenvalue weighted by molar-refractivity contribution is -0.116. The zero-order valence-electron chi connectivity index (χ0n) is 13.5. The van der Waals surface area contributed by atoms with E-state index in [1.807, 2.05) is 25.1 Å². The second-order valence-electron chi connectivity index (χ2n) is 6.35. The lowest BCUT2D eigenvalue weighted by Gasteiger charge is -2.25. The predicted molar refractivity (Wildman–Crippen MR) is 92.5 cm³/mol. The van der Waals surface area contributed by atoms with Crippen LogP contribution >= 0.6 is 0 Å². The molecule has 1 aliphatic carbocycles. The molecule has 1 atom stereocenters. The van der Waals surface area contributed by atoms with E-state index >= 15 is 0 Å². The standard InChI is InChI=1S/C20H23NO2/c1-14-9-10-15(13-22)11-19(14)21-20(23)12-17-7-4-6-16-5-2-3-8-18(16)17/h2-3,5,8-11,17,22H,4,6-7,12-13H2,1H3,(H,21,23). The molecule has 0 bridgehead atoms. The van der Waals surface area contributed by atoms with Crippen LogP contribution in [0, 0.1) is 6.92 Å². The van der Waals surface area contributed by atoms with Gasteiger partial charge in [-0.3, -0.25) is 4.79 Å². The smallest absolute Gasteiger partial charge is 0.224 e. The van der Waals surface area contributed by atoms with Crippen molar-refractivity contribution in [3.8, 4) is 0 Å². The van der Waals surface area contributed by atoms with Crippen molar-refractivity contribution in [1.29, 1.82) is 0 Å². The molecule has 1 aliphatic rings. The summed E-state index contributed by atoms with van der Waals surface area (Å²) in [5.41, 5.74) is 5.34. The molecular formula is C20H23NO2. The van der Waals surface area contributed by atoms with Crippen molar-refractivity contribution in [2.75, 3.05) is 5.32 Å². The number of fused-ring (bicyclic) bond motifs is 1. The van der Waals surface area contributed by atoms with Gasteiger partial charge < -0.3 is 10.4 Å². The minimum absolute atomic E-state index is 0.0147. The van der Waals surface area contributed by atoms with Gasteiger partial charge in [0.1, 0.15) is 0 Å². The number of nitrogens with one attached hydrogen (secondary N) is 1. The molecular weight excluding hydrogens is 286 g/mol. The maximum Gasteiger partial charge on any atom is 0.224 e. The average Bonchev–Trinajstić information content (AvgIpc) is 2.57. The van der Waals surface area contributed by atoms with Gasteiger partial charge in [0.15, 0.2) is 0 Å². The molecule has 0 radical (unpaired) electrons. The summed E-state index contributed by atoms with van der Waals surface area (Å²) in [5.74, 6) is 0.353. The van der Waals surface area contributed by atoms with Crippen LogP contribution in [0.4, 0.5) is 5.69 Å². The Morgan fingerprint density at radius 3 is 2.91 bits per heavy atom. The highest BCUT2D eigenvalue weighted by Crippen LogP contribution is 2.34. The van der Waals surface area contributed by atoms with E-state index in [1.165, 1.54) is 11.1 Å². The van der Waals surface area contributed by atoms with E-state index in [9.17, 15) is 9.90 Å². The van der Waals surface area contributed by atoms with Gasteiger partial charge >= 0.3 is 0 Å². The third kappa shape index (κ3) is 3.62. The molecule has 0 fully saturated rings. The number of carbonyl (C=O) groups is 1. The molecule has 1 amide bonds. The first-order chi connectivity index (χ1) is 11.2. The number of benzene rings is 2. The number of hydrogen-bond donors (Lipinski definition) is 2. The zero-order chi connectivity index (χ0) is 16.2. The second-order valence-corrected chi connectivity index (χ2v) is 6.35. The molecule has 0 heterocycles. The van der Waals surface area contributed by atoms with E-state index in [1.54, 1.807) is 0 Å². The second kappa shape index (κ2) is 6.97. The lowest BCUT2D eigenvalue weighted by atomic mass is 9.81. The van der Waals surface area contributed by atoms with E-state index < -0.39 is 0 Å². The molecule has 3 rings (SSSR count). The highest BCUT2D eigenvalue weighted by molar-refractivity contribution is 5.92. The lowest BCUT2D eigenvalue weighted by Crippen LogP contribution is -2.19. The van der Waals surface area contributed by atoms with Gasteiger partial charge in [-0.25, -0.2) is 0 Å². The van der Waals surface area contributed by atoms with Gasteiger partial charge in [0.05, 0.1) is 6.61 Å². The number of aliphatic hydroxyl groups is 1. The van der Waals surface area contributed by atoms with Crippen molar-refractivity contribution in [2.45, 2.75) is 45.1 Å². The number of aryl methyl sites for hydroxylation is 2. The molecule has 120 valence electrons. The number of carbonyl (C=O) groups excluding carboxylic acids is 1. The Bertz CT molecular complexity index is 709. The van der Waals surface area contributed by atoms with E-state index in [2.05, 4.69) is 29.6 Å². The van der Waals surface area contributed by atoms with Gasteiger partial charge in [0, 0.05) is 12.1 Å². The fourth-order valence-electron chi connectivity index (χ4n) is 3.39. The zero-order valence-corrected chi connectivity index (χ0v) is 13.5. The highest BCUT2D eigenvalue weighted by atomic mass is 16.3. The topological polar surface area (TPSA) is 49.3 Å². The van der Waals surface area contributed by atoms with Gasteiger partial charge in [-0.1, -0.05) is 36.4 Å². The first-order valence-corrected chi connectivity index (χ1v) is 8.25. The van der Waals surface area contributed by atoms with Crippen LogP contribution in [-0.4, -0.2) is 11.0 Å².